The van der Waals surface area contributed by atoms with E-state index in [0.29, 0.717) is 0 Å². The maximum absolute atomic E-state index is 2.24. The van der Waals surface area contributed by atoms with E-state index in [1.54, 1.807) is 11.1 Å². The topological polar surface area (TPSA) is 0 Å². The van der Waals surface area contributed by atoms with E-state index in [0.717, 1.165) is 0 Å². The third kappa shape index (κ3) is 3.41. The molecule has 0 fully saturated rings. The van der Waals surface area contributed by atoms with E-state index in [9.17, 15) is 0 Å². The van der Waals surface area contributed by atoms with Gasteiger partial charge in [-0.15, -0.1) is 0 Å². The lowest BCUT2D eigenvalue weighted by Crippen LogP contribution is -1.71. The van der Waals surface area contributed by atoms with E-state index in [1.165, 1.54) is 19.3 Å². The standard InChI is InChI=1S/C9H14.C2H6/c1-3-5-9-7-4-6-8(9)2;1-2/h3,5H,4,6-7H2,1-2H3;1-2H3/b5-3-;. The highest BCUT2D eigenvalue weighted by Crippen LogP contribution is 2.25. The average Bonchev–Trinajstić information content (AvgIpc) is 2.42. The number of allylic oxidation sites excluding steroid dienone is 4. The van der Waals surface area contributed by atoms with Gasteiger partial charge in [0.15, 0.2) is 0 Å². The van der Waals surface area contributed by atoms with Gasteiger partial charge in [-0.2, -0.15) is 0 Å². The van der Waals surface area contributed by atoms with Crippen molar-refractivity contribution < 1.29 is 0 Å². The zero-order chi connectivity index (χ0) is 8.69. The monoisotopic (exact) mass is 152 g/mol. The van der Waals surface area contributed by atoms with E-state index in [2.05, 4.69) is 26.0 Å². The summed E-state index contributed by atoms with van der Waals surface area (Å²) in [5.74, 6) is 0. The van der Waals surface area contributed by atoms with E-state index in [1.807, 2.05) is 13.8 Å². The maximum Gasteiger partial charge on any atom is -0.0276 e. The fourth-order valence-corrected chi connectivity index (χ4v) is 1.34. The van der Waals surface area contributed by atoms with E-state index < -0.39 is 0 Å². The van der Waals surface area contributed by atoms with Crippen LogP contribution < -0.4 is 0 Å². The van der Waals surface area contributed by atoms with Gasteiger partial charge < -0.3 is 0 Å². The molecular formula is C11H20. The van der Waals surface area contributed by atoms with E-state index >= 15 is 0 Å². The molecule has 0 heterocycles. The normalized spacial score (nSPS) is 17.1. The minimum atomic E-state index is 1.30. The van der Waals surface area contributed by atoms with Gasteiger partial charge in [-0.25, -0.2) is 0 Å². The fourth-order valence-electron chi connectivity index (χ4n) is 1.34. The predicted molar refractivity (Wildman–Crippen MR) is 52.7 cm³/mol. The lowest BCUT2D eigenvalue weighted by Gasteiger charge is -1.91. The Kier molecular flexibility index (Phi) is 5.91. The molecule has 0 radical (unpaired) electrons. The molecule has 11 heavy (non-hydrogen) atoms. The first-order valence-corrected chi connectivity index (χ1v) is 4.66. The van der Waals surface area contributed by atoms with Crippen LogP contribution in [0, 0.1) is 0 Å². The molecule has 0 heteroatoms. The summed E-state index contributed by atoms with van der Waals surface area (Å²) in [5, 5.41) is 0. The lowest BCUT2D eigenvalue weighted by molar-refractivity contribution is 0.899. The Hall–Kier alpha value is -0.520. The van der Waals surface area contributed by atoms with Gasteiger partial charge in [0.25, 0.3) is 0 Å². The first-order valence-electron chi connectivity index (χ1n) is 4.66. The first kappa shape index (κ1) is 10.5. The molecular weight excluding hydrogens is 132 g/mol. The van der Waals surface area contributed by atoms with Gasteiger partial charge in [0.05, 0.1) is 0 Å². The minimum Gasteiger partial charge on any atom is -0.0874 e. The van der Waals surface area contributed by atoms with Crippen LogP contribution in [0.5, 0.6) is 0 Å². The Morgan fingerprint density at radius 1 is 1.18 bits per heavy atom. The molecule has 1 aliphatic rings. The molecule has 0 aromatic rings. The van der Waals surface area contributed by atoms with Crippen LogP contribution in [0.15, 0.2) is 23.3 Å². The van der Waals surface area contributed by atoms with Gasteiger partial charge in [-0.1, -0.05) is 31.6 Å². The van der Waals surface area contributed by atoms with Crippen molar-refractivity contribution in [2.75, 3.05) is 0 Å². The maximum atomic E-state index is 2.24. The minimum absolute atomic E-state index is 1.30. The van der Waals surface area contributed by atoms with Crippen LogP contribution in [0.25, 0.3) is 0 Å². The molecule has 64 valence electrons. The summed E-state index contributed by atoms with van der Waals surface area (Å²) >= 11 is 0. The molecule has 0 saturated carbocycles. The fraction of sp³-hybridized carbons (Fsp3) is 0.636. The first-order chi connectivity index (χ1) is 5.34. The Balaban J connectivity index is 0.000000461. The molecule has 0 aromatic heterocycles. The van der Waals surface area contributed by atoms with Crippen LogP contribution in [0.1, 0.15) is 47.0 Å². The van der Waals surface area contributed by atoms with Crippen molar-refractivity contribution >= 4 is 0 Å². The Morgan fingerprint density at radius 2 is 1.82 bits per heavy atom. The highest BCUT2D eigenvalue weighted by atomic mass is 14.1. The molecule has 0 N–H and O–H groups in total. The van der Waals surface area contributed by atoms with Crippen LogP contribution in [-0.2, 0) is 0 Å². The molecule has 0 amide bonds. The van der Waals surface area contributed by atoms with Crippen molar-refractivity contribution in [3.8, 4) is 0 Å². The molecule has 0 aliphatic heterocycles. The molecule has 1 rings (SSSR count). The smallest absolute Gasteiger partial charge is 0.0276 e. The van der Waals surface area contributed by atoms with Crippen molar-refractivity contribution in [2.24, 2.45) is 0 Å². The van der Waals surface area contributed by atoms with Crippen molar-refractivity contribution in [1.82, 2.24) is 0 Å². The second-order valence-electron chi connectivity index (χ2n) is 2.66. The van der Waals surface area contributed by atoms with Crippen LogP contribution in [0.4, 0.5) is 0 Å². The Bertz CT molecular complexity index is 149. The molecule has 0 aromatic carbocycles. The summed E-state index contributed by atoms with van der Waals surface area (Å²) in [6.45, 7) is 8.32. The quantitative estimate of drug-likeness (QED) is 0.531. The number of hydrogen-bond donors (Lipinski definition) is 0. The van der Waals surface area contributed by atoms with Gasteiger partial charge >= 0.3 is 0 Å². The van der Waals surface area contributed by atoms with Crippen LogP contribution in [0.2, 0.25) is 0 Å². The second-order valence-corrected chi connectivity index (χ2v) is 2.66. The summed E-state index contributed by atoms with van der Waals surface area (Å²) < 4.78 is 0. The molecule has 0 nitrogen and oxygen atoms in total. The highest BCUT2D eigenvalue weighted by Gasteiger charge is 2.06. The molecule has 1 aliphatic carbocycles. The van der Waals surface area contributed by atoms with Gasteiger partial charge in [0.2, 0.25) is 0 Å². The highest BCUT2D eigenvalue weighted by molar-refractivity contribution is 5.27. The van der Waals surface area contributed by atoms with E-state index in [-0.39, 0.29) is 0 Å². The van der Waals surface area contributed by atoms with Crippen LogP contribution >= 0.6 is 0 Å². The zero-order valence-electron chi connectivity index (χ0n) is 8.28. The second kappa shape index (κ2) is 6.21. The van der Waals surface area contributed by atoms with Crippen molar-refractivity contribution in [3.63, 3.8) is 0 Å². The summed E-state index contributed by atoms with van der Waals surface area (Å²) in [7, 11) is 0. The lowest BCUT2D eigenvalue weighted by atomic mass is 10.2. The van der Waals surface area contributed by atoms with Gasteiger partial charge in [-0.05, 0) is 38.7 Å². The average molecular weight is 152 g/mol. The summed E-state index contributed by atoms with van der Waals surface area (Å²) in [5.41, 5.74) is 3.16. The third-order valence-electron chi connectivity index (χ3n) is 1.91. The molecule has 0 saturated heterocycles. The molecule has 0 bridgehead atoms. The SMILES string of the molecule is C/C=C\C1=C(C)CCC1.CC. The summed E-state index contributed by atoms with van der Waals surface area (Å²) in [6, 6.07) is 0. The third-order valence-corrected chi connectivity index (χ3v) is 1.91. The molecule has 0 atom stereocenters. The van der Waals surface area contributed by atoms with Crippen molar-refractivity contribution in [3.05, 3.63) is 23.3 Å². The Labute approximate surface area is 71.0 Å². The Morgan fingerprint density at radius 3 is 2.18 bits per heavy atom. The molecule has 0 unspecified atom stereocenters. The van der Waals surface area contributed by atoms with Gasteiger partial charge in [0.1, 0.15) is 0 Å². The van der Waals surface area contributed by atoms with Gasteiger partial charge in [-0.3, -0.25) is 0 Å². The number of hydrogen-bond acceptors (Lipinski definition) is 0. The van der Waals surface area contributed by atoms with Crippen LogP contribution in [-0.4, -0.2) is 0 Å². The van der Waals surface area contributed by atoms with Gasteiger partial charge in [0, 0.05) is 0 Å². The molecule has 0 spiro atoms. The largest absolute Gasteiger partial charge is 0.0874 e. The number of rotatable bonds is 1. The van der Waals surface area contributed by atoms with Crippen molar-refractivity contribution in [2.45, 2.75) is 47.0 Å². The predicted octanol–water partition coefficient (Wildman–Crippen LogP) is 4.09. The zero-order valence-corrected chi connectivity index (χ0v) is 8.28. The van der Waals surface area contributed by atoms with Crippen molar-refractivity contribution in [1.29, 1.82) is 0 Å². The van der Waals surface area contributed by atoms with E-state index in [4.69, 9.17) is 0 Å². The summed E-state index contributed by atoms with van der Waals surface area (Å²) in [4.78, 5) is 0. The summed E-state index contributed by atoms with van der Waals surface area (Å²) in [6.07, 6.45) is 8.36. The van der Waals surface area contributed by atoms with Crippen LogP contribution in [0.3, 0.4) is 0 Å².